The van der Waals surface area contributed by atoms with Gasteiger partial charge in [-0.2, -0.15) is 0 Å². The molecule has 13 heteroatoms. The fourth-order valence-corrected chi connectivity index (χ4v) is 4.29. The van der Waals surface area contributed by atoms with Crippen molar-refractivity contribution in [3.8, 4) is 11.1 Å². The third-order valence-corrected chi connectivity index (χ3v) is 6.12. The van der Waals surface area contributed by atoms with E-state index < -0.39 is 35.3 Å². The van der Waals surface area contributed by atoms with E-state index >= 15 is 4.39 Å². The number of fused-ring (bicyclic) bond motifs is 1. The number of amides is 3. The molecule has 0 saturated carbocycles. The van der Waals surface area contributed by atoms with Gasteiger partial charge in [-0.1, -0.05) is 0 Å². The molecule has 3 N–H and O–H groups in total. The molecule has 3 amide bonds. The molecule has 4 rings (SSSR count). The first kappa shape index (κ1) is 31.4. The highest BCUT2D eigenvalue weighted by Crippen LogP contribution is 2.38. The van der Waals surface area contributed by atoms with Crippen LogP contribution in [0.25, 0.3) is 21.9 Å². The second-order valence-corrected chi connectivity index (χ2v) is 12.0. The van der Waals surface area contributed by atoms with Gasteiger partial charge in [0.2, 0.25) is 0 Å². The topological polar surface area (TPSA) is 150 Å². The van der Waals surface area contributed by atoms with Crippen LogP contribution in [0.5, 0.6) is 0 Å². The number of carbonyl (C=O) groups excluding carboxylic acids is 3. The lowest BCUT2D eigenvalue weighted by atomic mass is 9.97. The largest absolute Gasteiger partial charge is 0.444 e. The number of halogens is 1. The second kappa shape index (κ2) is 12.4. The SMILES string of the molecule is Cc1c(NC(=O)OC(C)(C)C)cncc1-c1cc2cc(NC(=O)OC3CCOC3)ncc2c(NC(=O)OC(C)(C)C)c1F. The number of pyridine rings is 2. The zero-order valence-corrected chi connectivity index (χ0v) is 25.2. The van der Waals surface area contributed by atoms with E-state index in [4.69, 9.17) is 18.9 Å². The zero-order chi connectivity index (χ0) is 31.5. The Kier molecular flexibility index (Phi) is 9.04. The van der Waals surface area contributed by atoms with Crippen molar-refractivity contribution >= 4 is 46.2 Å². The molecule has 43 heavy (non-hydrogen) atoms. The minimum atomic E-state index is -0.871. The lowest BCUT2D eigenvalue weighted by Crippen LogP contribution is -2.27. The predicted molar refractivity (Wildman–Crippen MR) is 159 cm³/mol. The number of benzene rings is 1. The van der Waals surface area contributed by atoms with Crippen LogP contribution in [0.15, 0.2) is 30.7 Å². The summed E-state index contributed by atoms with van der Waals surface area (Å²) in [4.78, 5) is 46.0. The van der Waals surface area contributed by atoms with Crippen LogP contribution in [0.1, 0.15) is 53.5 Å². The van der Waals surface area contributed by atoms with Gasteiger partial charge >= 0.3 is 18.3 Å². The summed E-state index contributed by atoms with van der Waals surface area (Å²) < 4.78 is 37.6. The predicted octanol–water partition coefficient (Wildman–Crippen LogP) is 6.78. The first-order valence-electron chi connectivity index (χ1n) is 13.7. The molecule has 1 aliphatic heterocycles. The first-order valence-corrected chi connectivity index (χ1v) is 13.7. The monoisotopic (exact) mass is 597 g/mol. The summed E-state index contributed by atoms with van der Waals surface area (Å²) in [7, 11) is 0. The number of carbonyl (C=O) groups is 3. The number of rotatable bonds is 5. The minimum absolute atomic E-state index is 0.0687. The summed E-state index contributed by atoms with van der Waals surface area (Å²) in [5.41, 5.74) is -0.535. The molecular weight excluding hydrogens is 561 g/mol. The van der Waals surface area contributed by atoms with E-state index in [1.807, 2.05) is 0 Å². The van der Waals surface area contributed by atoms with Gasteiger partial charge in [0.05, 0.1) is 30.8 Å². The average Bonchev–Trinajstić information content (AvgIpc) is 3.37. The molecular formula is C30H36FN5O7. The van der Waals surface area contributed by atoms with E-state index in [9.17, 15) is 14.4 Å². The van der Waals surface area contributed by atoms with Crippen molar-refractivity contribution in [2.24, 2.45) is 0 Å². The Morgan fingerprint density at radius 1 is 0.907 bits per heavy atom. The van der Waals surface area contributed by atoms with Gasteiger partial charge in [0, 0.05) is 35.3 Å². The first-order chi connectivity index (χ1) is 20.1. The maximum atomic E-state index is 16.3. The van der Waals surface area contributed by atoms with Crippen molar-refractivity contribution in [2.75, 3.05) is 29.2 Å². The maximum Gasteiger partial charge on any atom is 0.413 e. The van der Waals surface area contributed by atoms with Crippen LogP contribution in [-0.2, 0) is 18.9 Å². The lowest BCUT2D eigenvalue weighted by Gasteiger charge is -2.22. The molecule has 2 aromatic heterocycles. The second-order valence-electron chi connectivity index (χ2n) is 12.0. The molecule has 0 aliphatic carbocycles. The molecule has 230 valence electrons. The van der Waals surface area contributed by atoms with Crippen molar-refractivity contribution in [1.82, 2.24) is 9.97 Å². The lowest BCUT2D eigenvalue weighted by molar-refractivity contribution is 0.0624. The molecule has 1 unspecified atom stereocenters. The van der Waals surface area contributed by atoms with Crippen LogP contribution in [-0.4, -0.2) is 58.8 Å². The molecule has 3 aromatic rings. The highest BCUT2D eigenvalue weighted by molar-refractivity contribution is 6.04. The summed E-state index contributed by atoms with van der Waals surface area (Å²) >= 11 is 0. The number of anilines is 3. The zero-order valence-electron chi connectivity index (χ0n) is 25.2. The van der Waals surface area contributed by atoms with Crippen LogP contribution in [0.2, 0.25) is 0 Å². The molecule has 1 aliphatic rings. The van der Waals surface area contributed by atoms with Crippen LogP contribution >= 0.6 is 0 Å². The van der Waals surface area contributed by atoms with E-state index in [0.29, 0.717) is 41.8 Å². The molecule has 1 aromatic carbocycles. The standard InChI is InChI=1S/C30H36FN5O7/c1-16-20(12-32-14-22(16)34-27(38)42-29(2,3)4)19-10-17-11-23(35-26(37)41-18-8-9-40-15-18)33-13-21(17)25(24(19)31)36-28(39)43-30(5,6)7/h10-14,18H,8-9,15H2,1-7H3,(H,34,38)(H,36,39)(H,33,35,37). The van der Waals surface area contributed by atoms with E-state index in [1.54, 1.807) is 48.5 Å². The molecule has 1 atom stereocenters. The summed E-state index contributed by atoms with van der Waals surface area (Å²) in [6.07, 6.45) is 2.15. The summed E-state index contributed by atoms with van der Waals surface area (Å²) in [5, 5.41) is 8.42. The Morgan fingerprint density at radius 2 is 1.58 bits per heavy atom. The maximum absolute atomic E-state index is 16.3. The summed E-state index contributed by atoms with van der Waals surface area (Å²) in [5.74, 6) is -0.631. The minimum Gasteiger partial charge on any atom is -0.444 e. The van der Waals surface area contributed by atoms with Gasteiger partial charge in [-0.3, -0.25) is 20.9 Å². The molecule has 1 saturated heterocycles. The normalized spacial score (nSPS) is 15.1. The Hall–Kier alpha value is -4.52. The Morgan fingerprint density at radius 3 is 2.21 bits per heavy atom. The molecule has 0 bridgehead atoms. The van der Waals surface area contributed by atoms with Crippen LogP contribution in [0.4, 0.5) is 36.0 Å². The van der Waals surface area contributed by atoms with Crippen molar-refractivity contribution in [1.29, 1.82) is 0 Å². The van der Waals surface area contributed by atoms with E-state index in [0.717, 1.165) is 0 Å². The summed E-state index contributed by atoms with van der Waals surface area (Å²) in [6.45, 7) is 12.8. The van der Waals surface area contributed by atoms with Crippen molar-refractivity contribution in [3.63, 3.8) is 0 Å². The molecule has 0 radical (unpaired) electrons. The van der Waals surface area contributed by atoms with Gasteiger partial charge in [0.1, 0.15) is 23.1 Å². The smallest absolute Gasteiger partial charge is 0.413 e. The highest BCUT2D eigenvalue weighted by Gasteiger charge is 2.25. The van der Waals surface area contributed by atoms with Gasteiger partial charge in [-0.15, -0.1) is 0 Å². The van der Waals surface area contributed by atoms with Gasteiger partial charge in [-0.05, 0) is 71.5 Å². The Labute approximate surface area is 248 Å². The molecule has 12 nitrogen and oxygen atoms in total. The van der Waals surface area contributed by atoms with Crippen molar-refractivity contribution in [3.05, 3.63) is 42.1 Å². The van der Waals surface area contributed by atoms with Crippen LogP contribution in [0.3, 0.4) is 0 Å². The number of nitrogens with one attached hydrogen (secondary N) is 3. The Balaban J connectivity index is 1.76. The third kappa shape index (κ3) is 8.28. The average molecular weight is 598 g/mol. The Bertz CT molecular complexity index is 1540. The molecule has 3 heterocycles. The number of nitrogens with zero attached hydrogens (tertiary/aromatic N) is 2. The third-order valence-electron chi connectivity index (χ3n) is 6.12. The van der Waals surface area contributed by atoms with Gasteiger partial charge < -0.3 is 18.9 Å². The number of ether oxygens (including phenoxy) is 4. The van der Waals surface area contributed by atoms with Gasteiger partial charge in [0.15, 0.2) is 5.82 Å². The quantitative estimate of drug-likeness (QED) is 0.271. The highest BCUT2D eigenvalue weighted by atomic mass is 19.1. The van der Waals surface area contributed by atoms with Crippen LogP contribution in [0, 0.1) is 12.7 Å². The number of hydrogen-bond acceptors (Lipinski definition) is 9. The fourth-order valence-electron chi connectivity index (χ4n) is 4.29. The molecule has 1 fully saturated rings. The van der Waals surface area contributed by atoms with Crippen molar-refractivity contribution in [2.45, 2.75) is 72.2 Å². The van der Waals surface area contributed by atoms with Gasteiger partial charge in [0.25, 0.3) is 0 Å². The van der Waals surface area contributed by atoms with E-state index in [1.165, 1.54) is 30.7 Å². The van der Waals surface area contributed by atoms with Crippen LogP contribution < -0.4 is 16.0 Å². The van der Waals surface area contributed by atoms with Gasteiger partial charge in [-0.25, -0.2) is 23.8 Å². The fraction of sp³-hybridized carbons (Fsp3) is 0.433. The van der Waals surface area contributed by atoms with E-state index in [-0.39, 0.29) is 28.6 Å². The molecule has 0 spiro atoms. The van der Waals surface area contributed by atoms with Crippen molar-refractivity contribution < 1.29 is 37.7 Å². The summed E-state index contributed by atoms with van der Waals surface area (Å²) in [6, 6.07) is 3.06. The number of aromatic nitrogens is 2. The number of hydrogen-bond donors (Lipinski definition) is 3. The van der Waals surface area contributed by atoms with E-state index in [2.05, 4.69) is 25.9 Å².